The standard InChI is InChI=1S/C22H25NO4/c1-3-27-22(25)14-15-23(17-19-8-5-4-6-9-19)21(24)13-12-18-10-7-11-20(16-18)26-2/h4-13,16H,3,14-15,17H2,1-2H3/b13-12+. The fourth-order valence-corrected chi connectivity index (χ4v) is 2.55. The van der Waals surface area contributed by atoms with Crippen molar-refractivity contribution in [2.75, 3.05) is 20.3 Å². The smallest absolute Gasteiger partial charge is 0.307 e. The number of hydrogen-bond donors (Lipinski definition) is 0. The Hall–Kier alpha value is -3.08. The first-order chi connectivity index (χ1) is 13.1. The number of methoxy groups -OCH3 is 1. The van der Waals surface area contributed by atoms with Crippen LogP contribution in [0.1, 0.15) is 24.5 Å². The van der Waals surface area contributed by atoms with Gasteiger partial charge in [0.15, 0.2) is 0 Å². The summed E-state index contributed by atoms with van der Waals surface area (Å²) in [6.07, 6.45) is 3.43. The molecule has 1 amide bonds. The molecular weight excluding hydrogens is 342 g/mol. The average molecular weight is 367 g/mol. The summed E-state index contributed by atoms with van der Waals surface area (Å²) in [6.45, 7) is 2.83. The van der Waals surface area contributed by atoms with E-state index in [0.29, 0.717) is 19.7 Å². The Kier molecular flexibility index (Phi) is 8.10. The summed E-state index contributed by atoms with van der Waals surface area (Å²) in [5, 5.41) is 0. The van der Waals surface area contributed by atoms with Crippen molar-refractivity contribution in [3.05, 3.63) is 71.8 Å². The van der Waals surface area contributed by atoms with Crippen molar-refractivity contribution in [1.82, 2.24) is 4.90 Å². The number of carbonyl (C=O) groups excluding carboxylic acids is 2. The number of esters is 1. The van der Waals surface area contributed by atoms with E-state index in [9.17, 15) is 9.59 Å². The molecule has 0 bridgehead atoms. The first kappa shape index (κ1) is 20.2. The monoisotopic (exact) mass is 367 g/mol. The molecule has 2 aromatic rings. The zero-order valence-corrected chi connectivity index (χ0v) is 15.8. The predicted octanol–water partition coefficient (Wildman–Crippen LogP) is 3.69. The molecule has 5 nitrogen and oxygen atoms in total. The highest BCUT2D eigenvalue weighted by Crippen LogP contribution is 2.14. The Morgan fingerprint density at radius 3 is 2.56 bits per heavy atom. The number of nitrogens with zero attached hydrogens (tertiary/aromatic N) is 1. The lowest BCUT2D eigenvalue weighted by molar-refractivity contribution is -0.143. The van der Waals surface area contributed by atoms with Crippen LogP contribution in [0.5, 0.6) is 5.75 Å². The van der Waals surface area contributed by atoms with Gasteiger partial charge in [0.1, 0.15) is 5.75 Å². The molecule has 0 aromatic heterocycles. The average Bonchev–Trinajstić information content (AvgIpc) is 2.70. The Bertz CT molecular complexity index is 771. The summed E-state index contributed by atoms with van der Waals surface area (Å²) in [6, 6.07) is 17.1. The van der Waals surface area contributed by atoms with Crippen molar-refractivity contribution in [1.29, 1.82) is 0 Å². The third-order valence-corrected chi connectivity index (χ3v) is 3.93. The quantitative estimate of drug-likeness (QED) is 0.501. The second-order valence-corrected chi connectivity index (χ2v) is 5.91. The zero-order chi connectivity index (χ0) is 19.5. The van der Waals surface area contributed by atoms with Gasteiger partial charge in [0.25, 0.3) is 0 Å². The molecule has 0 spiro atoms. The fourth-order valence-electron chi connectivity index (χ4n) is 2.55. The van der Waals surface area contributed by atoms with Crippen LogP contribution < -0.4 is 4.74 Å². The van der Waals surface area contributed by atoms with E-state index >= 15 is 0 Å². The van der Waals surface area contributed by atoms with E-state index in [1.807, 2.05) is 54.6 Å². The number of amides is 1. The molecule has 0 aliphatic carbocycles. The van der Waals surface area contributed by atoms with Crippen LogP contribution in [0.4, 0.5) is 0 Å². The summed E-state index contributed by atoms with van der Waals surface area (Å²) >= 11 is 0. The summed E-state index contributed by atoms with van der Waals surface area (Å²) in [4.78, 5) is 26.0. The Morgan fingerprint density at radius 1 is 1.07 bits per heavy atom. The van der Waals surface area contributed by atoms with Gasteiger partial charge in [0.05, 0.1) is 20.1 Å². The number of benzene rings is 2. The normalized spacial score (nSPS) is 10.6. The van der Waals surface area contributed by atoms with Crippen LogP contribution in [-0.2, 0) is 20.9 Å². The molecule has 0 fully saturated rings. The van der Waals surface area contributed by atoms with Crippen LogP contribution in [0, 0.1) is 0 Å². The van der Waals surface area contributed by atoms with Gasteiger partial charge in [-0.3, -0.25) is 9.59 Å². The molecule has 0 heterocycles. The van der Waals surface area contributed by atoms with Gasteiger partial charge in [0.2, 0.25) is 5.91 Å². The molecule has 5 heteroatoms. The molecule has 2 aromatic carbocycles. The van der Waals surface area contributed by atoms with Gasteiger partial charge < -0.3 is 14.4 Å². The molecule has 0 N–H and O–H groups in total. The lowest BCUT2D eigenvalue weighted by atomic mass is 10.2. The molecule has 0 atom stereocenters. The summed E-state index contributed by atoms with van der Waals surface area (Å²) in [5.41, 5.74) is 1.87. The molecular formula is C22H25NO4. The van der Waals surface area contributed by atoms with Gasteiger partial charge in [-0.05, 0) is 36.3 Å². The van der Waals surface area contributed by atoms with Crippen LogP contribution in [0.3, 0.4) is 0 Å². The van der Waals surface area contributed by atoms with Gasteiger partial charge in [0, 0.05) is 19.2 Å². The van der Waals surface area contributed by atoms with Crippen molar-refractivity contribution < 1.29 is 19.1 Å². The van der Waals surface area contributed by atoms with Crippen LogP contribution in [0.15, 0.2) is 60.7 Å². The highest BCUT2D eigenvalue weighted by Gasteiger charge is 2.14. The number of hydrogen-bond acceptors (Lipinski definition) is 4. The van der Waals surface area contributed by atoms with Crippen molar-refractivity contribution in [3.8, 4) is 5.75 Å². The van der Waals surface area contributed by atoms with E-state index in [1.165, 1.54) is 6.08 Å². The fraction of sp³-hybridized carbons (Fsp3) is 0.273. The lowest BCUT2D eigenvalue weighted by Gasteiger charge is -2.21. The zero-order valence-electron chi connectivity index (χ0n) is 15.8. The van der Waals surface area contributed by atoms with Crippen molar-refractivity contribution >= 4 is 18.0 Å². The molecule has 0 radical (unpaired) electrons. The van der Waals surface area contributed by atoms with E-state index < -0.39 is 0 Å². The van der Waals surface area contributed by atoms with E-state index in [-0.39, 0.29) is 18.3 Å². The van der Waals surface area contributed by atoms with Gasteiger partial charge in [-0.15, -0.1) is 0 Å². The molecule has 0 aliphatic heterocycles. The first-order valence-electron chi connectivity index (χ1n) is 8.93. The number of ether oxygens (including phenoxy) is 2. The topological polar surface area (TPSA) is 55.8 Å². The minimum Gasteiger partial charge on any atom is -0.497 e. The van der Waals surface area contributed by atoms with Gasteiger partial charge in [-0.2, -0.15) is 0 Å². The second kappa shape index (κ2) is 10.8. The maximum atomic E-state index is 12.7. The maximum Gasteiger partial charge on any atom is 0.307 e. The highest BCUT2D eigenvalue weighted by molar-refractivity contribution is 5.92. The third kappa shape index (κ3) is 6.98. The Morgan fingerprint density at radius 2 is 1.85 bits per heavy atom. The first-order valence-corrected chi connectivity index (χ1v) is 8.93. The van der Waals surface area contributed by atoms with Gasteiger partial charge >= 0.3 is 5.97 Å². The molecule has 0 saturated heterocycles. The molecule has 0 aliphatic rings. The van der Waals surface area contributed by atoms with Crippen LogP contribution in [0.2, 0.25) is 0 Å². The van der Waals surface area contributed by atoms with E-state index in [4.69, 9.17) is 9.47 Å². The lowest BCUT2D eigenvalue weighted by Crippen LogP contribution is -2.31. The maximum absolute atomic E-state index is 12.7. The molecule has 27 heavy (non-hydrogen) atoms. The van der Waals surface area contributed by atoms with Crippen molar-refractivity contribution in [3.63, 3.8) is 0 Å². The summed E-state index contributed by atoms with van der Waals surface area (Å²) < 4.78 is 10.2. The minimum atomic E-state index is -0.305. The minimum absolute atomic E-state index is 0.161. The van der Waals surface area contributed by atoms with E-state index in [2.05, 4.69) is 0 Å². The molecule has 0 saturated carbocycles. The second-order valence-electron chi connectivity index (χ2n) is 5.91. The highest BCUT2D eigenvalue weighted by atomic mass is 16.5. The van der Waals surface area contributed by atoms with Crippen molar-refractivity contribution in [2.24, 2.45) is 0 Å². The van der Waals surface area contributed by atoms with Crippen LogP contribution in [0.25, 0.3) is 6.08 Å². The number of rotatable bonds is 9. The molecule has 142 valence electrons. The largest absolute Gasteiger partial charge is 0.497 e. The summed E-state index contributed by atoms with van der Waals surface area (Å²) in [5.74, 6) is 0.263. The molecule has 2 rings (SSSR count). The van der Waals surface area contributed by atoms with E-state index in [0.717, 1.165) is 16.9 Å². The number of carbonyl (C=O) groups is 2. The van der Waals surface area contributed by atoms with Gasteiger partial charge in [-0.25, -0.2) is 0 Å². The summed E-state index contributed by atoms with van der Waals surface area (Å²) in [7, 11) is 1.60. The van der Waals surface area contributed by atoms with Crippen LogP contribution >= 0.6 is 0 Å². The Balaban J connectivity index is 2.08. The third-order valence-electron chi connectivity index (χ3n) is 3.93. The van der Waals surface area contributed by atoms with E-state index in [1.54, 1.807) is 25.0 Å². The predicted molar refractivity (Wildman–Crippen MR) is 105 cm³/mol. The molecule has 0 unspecified atom stereocenters. The van der Waals surface area contributed by atoms with Gasteiger partial charge in [-0.1, -0.05) is 42.5 Å². The van der Waals surface area contributed by atoms with Crippen LogP contribution in [-0.4, -0.2) is 37.0 Å². The van der Waals surface area contributed by atoms with Crippen molar-refractivity contribution in [2.45, 2.75) is 19.9 Å². The Labute approximate surface area is 160 Å². The SMILES string of the molecule is CCOC(=O)CCN(Cc1ccccc1)C(=O)/C=C/c1cccc(OC)c1.